The molecule has 4 nitrogen and oxygen atoms in total. The summed E-state index contributed by atoms with van der Waals surface area (Å²) in [5.74, 6) is 0. The summed E-state index contributed by atoms with van der Waals surface area (Å²) in [5.41, 5.74) is 2.19. The fourth-order valence-electron chi connectivity index (χ4n) is 1.44. The van der Waals surface area contributed by atoms with Crippen molar-refractivity contribution in [3.05, 3.63) is 17.5 Å². The SMILES string of the molecule is CNC(COC)c1cc(C)nn1C. The number of aryl methyl sites for hydroxylation is 2. The van der Waals surface area contributed by atoms with Gasteiger partial charge in [0.1, 0.15) is 0 Å². The van der Waals surface area contributed by atoms with Crippen LogP contribution >= 0.6 is 0 Å². The molecule has 4 heteroatoms. The Hall–Kier alpha value is -0.870. The van der Waals surface area contributed by atoms with Crippen molar-refractivity contribution in [3.8, 4) is 0 Å². The topological polar surface area (TPSA) is 39.1 Å². The van der Waals surface area contributed by atoms with Gasteiger partial charge in [0, 0.05) is 14.2 Å². The molecule has 0 aliphatic rings. The highest BCUT2D eigenvalue weighted by atomic mass is 16.5. The van der Waals surface area contributed by atoms with Gasteiger partial charge in [-0.05, 0) is 20.0 Å². The second kappa shape index (κ2) is 4.39. The zero-order valence-electron chi connectivity index (χ0n) is 8.66. The predicted molar refractivity (Wildman–Crippen MR) is 51.6 cm³/mol. The van der Waals surface area contributed by atoms with E-state index in [1.165, 1.54) is 0 Å². The Bertz CT molecular complexity index is 270. The van der Waals surface area contributed by atoms with Gasteiger partial charge in [-0.1, -0.05) is 0 Å². The summed E-state index contributed by atoms with van der Waals surface area (Å²) in [4.78, 5) is 0. The average Bonchev–Trinajstić information content (AvgIpc) is 2.41. The second-order valence-electron chi connectivity index (χ2n) is 3.13. The lowest BCUT2D eigenvalue weighted by Gasteiger charge is -2.14. The molecular weight excluding hydrogens is 166 g/mol. The monoisotopic (exact) mass is 183 g/mol. The maximum absolute atomic E-state index is 5.11. The number of hydrogen-bond donors (Lipinski definition) is 1. The van der Waals surface area contributed by atoms with Crippen molar-refractivity contribution in [2.45, 2.75) is 13.0 Å². The zero-order valence-corrected chi connectivity index (χ0v) is 8.66. The first-order valence-electron chi connectivity index (χ1n) is 4.35. The lowest BCUT2D eigenvalue weighted by Crippen LogP contribution is -2.23. The molecule has 1 N–H and O–H groups in total. The van der Waals surface area contributed by atoms with Crippen molar-refractivity contribution in [1.29, 1.82) is 0 Å². The summed E-state index contributed by atoms with van der Waals surface area (Å²) in [6.45, 7) is 2.65. The fourth-order valence-corrected chi connectivity index (χ4v) is 1.44. The van der Waals surface area contributed by atoms with Crippen LogP contribution in [0.15, 0.2) is 6.07 Å². The molecule has 0 aliphatic carbocycles. The smallest absolute Gasteiger partial charge is 0.0726 e. The lowest BCUT2D eigenvalue weighted by atomic mass is 10.2. The Morgan fingerprint density at radius 3 is 2.77 bits per heavy atom. The molecule has 0 radical (unpaired) electrons. The molecule has 0 bridgehead atoms. The highest BCUT2D eigenvalue weighted by molar-refractivity contribution is 5.12. The number of nitrogens with zero attached hydrogens (tertiary/aromatic N) is 2. The number of likely N-dealkylation sites (N-methyl/N-ethyl adjacent to an activating group) is 1. The van der Waals surface area contributed by atoms with Crippen molar-refractivity contribution < 1.29 is 4.74 Å². The van der Waals surface area contributed by atoms with Gasteiger partial charge in [0.05, 0.1) is 24.0 Å². The van der Waals surface area contributed by atoms with Gasteiger partial charge in [0.2, 0.25) is 0 Å². The highest BCUT2D eigenvalue weighted by Crippen LogP contribution is 2.12. The predicted octanol–water partition coefficient (Wildman–Crippen LogP) is 0.635. The minimum atomic E-state index is 0.219. The van der Waals surface area contributed by atoms with Gasteiger partial charge in [-0.3, -0.25) is 4.68 Å². The maximum Gasteiger partial charge on any atom is 0.0726 e. The summed E-state index contributed by atoms with van der Waals surface area (Å²) in [5, 5.41) is 7.47. The Morgan fingerprint density at radius 2 is 2.38 bits per heavy atom. The molecule has 1 rings (SSSR count). The molecule has 0 aliphatic heterocycles. The molecule has 1 aromatic heterocycles. The first kappa shape index (κ1) is 10.2. The molecule has 0 saturated heterocycles. The van der Waals surface area contributed by atoms with Gasteiger partial charge in [0.25, 0.3) is 0 Å². The number of rotatable bonds is 4. The lowest BCUT2D eigenvalue weighted by molar-refractivity contribution is 0.167. The number of aromatic nitrogens is 2. The first-order chi connectivity index (χ1) is 6.19. The highest BCUT2D eigenvalue weighted by Gasteiger charge is 2.13. The van der Waals surface area contributed by atoms with Crippen LogP contribution in [0.25, 0.3) is 0 Å². The number of nitrogens with one attached hydrogen (secondary N) is 1. The van der Waals surface area contributed by atoms with E-state index in [1.54, 1.807) is 7.11 Å². The van der Waals surface area contributed by atoms with Gasteiger partial charge >= 0.3 is 0 Å². The molecule has 13 heavy (non-hydrogen) atoms. The van der Waals surface area contributed by atoms with Gasteiger partial charge in [-0.15, -0.1) is 0 Å². The van der Waals surface area contributed by atoms with Crippen molar-refractivity contribution in [1.82, 2.24) is 15.1 Å². The van der Waals surface area contributed by atoms with E-state index in [0.29, 0.717) is 6.61 Å². The average molecular weight is 183 g/mol. The number of hydrogen-bond acceptors (Lipinski definition) is 3. The molecule has 0 fully saturated rings. The van der Waals surface area contributed by atoms with Crippen LogP contribution in [0.2, 0.25) is 0 Å². The van der Waals surface area contributed by atoms with Crippen LogP contribution in [-0.4, -0.2) is 30.5 Å². The minimum Gasteiger partial charge on any atom is -0.383 e. The van der Waals surface area contributed by atoms with Gasteiger partial charge in [-0.25, -0.2) is 0 Å². The maximum atomic E-state index is 5.11. The van der Waals surface area contributed by atoms with Crippen molar-refractivity contribution in [2.24, 2.45) is 7.05 Å². The van der Waals surface area contributed by atoms with Gasteiger partial charge < -0.3 is 10.1 Å². The largest absolute Gasteiger partial charge is 0.383 e. The summed E-state index contributed by atoms with van der Waals surface area (Å²) >= 11 is 0. The fraction of sp³-hybridized carbons (Fsp3) is 0.667. The molecule has 1 unspecified atom stereocenters. The number of methoxy groups -OCH3 is 1. The molecule has 0 spiro atoms. The summed E-state index contributed by atoms with van der Waals surface area (Å²) in [6, 6.07) is 2.29. The first-order valence-corrected chi connectivity index (χ1v) is 4.35. The van der Waals surface area contributed by atoms with E-state index in [0.717, 1.165) is 11.4 Å². The van der Waals surface area contributed by atoms with E-state index in [1.807, 2.05) is 25.7 Å². The Labute approximate surface area is 78.9 Å². The minimum absolute atomic E-state index is 0.219. The van der Waals surface area contributed by atoms with E-state index >= 15 is 0 Å². The van der Waals surface area contributed by atoms with E-state index in [2.05, 4.69) is 16.5 Å². The van der Waals surface area contributed by atoms with Gasteiger partial charge in [0.15, 0.2) is 0 Å². The van der Waals surface area contributed by atoms with E-state index in [4.69, 9.17) is 4.74 Å². The van der Waals surface area contributed by atoms with Crippen LogP contribution < -0.4 is 5.32 Å². The Morgan fingerprint density at radius 1 is 1.69 bits per heavy atom. The normalized spacial score (nSPS) is 13.2. The van der Waals surface area contributed by atoms with Crippen LogP contribution in [0, 0.1) is 6.92 Å². The van der Waals surface area contributed by atoms with E-state index in [9.17, 15) is 0 Å². The summed E-state index contributed by atoms with van der Waals surface area (Å²) < 4.78 is 6.99. The van der Waals surface area contributed by atoms with Crippen LogP contribution in [0.5, 0.6) is 0 Å². The molecule has 0 saturated carbocycles. The molecule has 1 aromatic rings. The molecule has 1 heterocycles. The van der Waals surface area contributed by atoms with Crippen molar-refractivity contribution in [2.75, 3.05) is 20.8 Å². The molecule has 0 aromatic carbocycles. The zero-order chi connectivity index (χ0) is 9.84. The van der Waals surface area contributed by atoms with Crippen LogP contribution in [0.3, 0.4) is 0 Å². The standard InChI is InChI=1S/C9H17N3O/c1-7-5-9(12(3)11-7)8(10-2)6-13-4/h5,8,10H,6H2,1-4H3. The second-order valence-corrected chi connectivity index (χ2v) is 3.13. The van der Waals surface area contributed by atoms with Gasteiger partial charge in [-0.2, -0.15) is 5.10 Å². The summed E-state index contributed by atoms with van der Waals surface area (Å²) in [7, 11) is 5.57. The third-order valence-electron chi connectivity index (χ3n) is 2.08. The molecule has 0 amide bonds. The van der Waals surface area contributed by atoms with E-state index in [-0.39, 0.29) is 6.04 Å². The van der Waals surface area contributed by atoms with Crippen molar-refractivity contribution >= 4 is 0 Å². The van der Waals surface area contributed by atoms with Crippen molar-refractivity contribution in [3.63, 3.8) is 0 Å². The number of ether oxygens (including phenoxy) is 1. The molecular formula is C9H17N3O. The van der Waals surface area contributed by atoms with Crippen LogP contribution in [-0.2, 0) is 11.8 Å². The Balaban J connectivity index is 2.83. The third-order valence-corrected chi connectivity index (χ3v) is 2.08. The van der Waals surface area contributed by atoms with Crippen LogP contribution in [0.1, 0.15) is 17.4 Å². The molecule has 74 valence electrons. The van der Waals surface area contributed by atoms with E-state index < -0.39 is 0 Å². The van der Waals surface area contributed by atoms with Crippen LogP contribution in [0.4, 0.5) is 0 Å². The third kappa shape index (κ3) is 2.29. The Kier molecular flexibility index (Phi) is 3.45. The quantitative estimate of drug-likeness (QED) is 0.744. The molecule has 1 atom stereocenters. The summed E-state index contributed by atoms with van der Waals surface area (Å²) in [6.07, 6.45) is 0.